The summed E-state index contributed by atoms with van der Waals surface area (Å²) in [7, 11) is 3.12. The summed E-state index contributed by atoms with van der Waals surface area (Å²) < 4.78 is 10.2. The number of carbonyl (C=O) groups is 3. The van der Waals surface area contributed by atoms with Crippen molar-refractivity contribution >= 4 is 40.6 Å². The van der Waals surface area contributed by atoms with Crippen molar-refractivity contribution in [2.75, 3.05) is 26.1 Å². The molecule has 2 aromatic carbocycles. The number of rotatable bonds is 6. The van der Waals surface area contributed by atoms with Crippen LogP contribution < -0.4 is 14.8 Å². The minimum Gasteiger partial charge on any atom is -0.497 e. The Kier molecular flexibility index (Phi) is 6.00. The van der Waals surface area contributed by atoms with Gasteiger partial charge < -0.3 is 14.8 Å². The second-order valence-electron chi connectivity index (χ2n) is 5.82. The number of imide groups is 1. The Morgan fingerprint density at radius 2 is 1.57 bits per heavy atom. The van der Waals surface area contributed by atoms with Crippen LogP contribution in [0.5, 0.6) is 11.5 Å². The maximum atomic E-state index is 12.5. The highest BCUT2D eigenvalue weighted by atomic mass is 32.2. The Labute approximate surface area is 166 Å². The summed E-state index contributed by atoms with van der Waals surface area (Å²) in [6.45, 7) is -0.351. The molecule has 7 nitrogen and oxygen atoms in total. The minimum absolute atomic E-state index is 0.271. The first-order valence-electron chi connectivity index (χ1n) is 8.33. The highest BCUT2D eigenvalue weighted by Crippen LogP contribution is 2.32. The molecule has 0 aliphatic carbocycles. The second kappa shape index (κ2) is 8.62. The smallest absolute Gasteiger partial charge is 0.294 e. The molecule has 1 fully saturated rings. The average Bonchev–Trinajstić information content (AvgIpc) is 2.96. The summed E-state index contributed by atoms with van der Waals surface area (Å²) in [6.07, 6.45) is 1.62. The van der Waals surface area contributed by atoms with Crippen LogP contribution in [0.15, 0.2) is 53.4 Å². The van der Waals surface area contributed by atoms with Gasteiger partial charge in [0, 0.05) is 5.69 Å². The lowest BCUT2D eigenvalue weighted by atomic mass is 10.2. The van der Waals surface area contributed by atoms with E-state index in [0.717, 1.165) is 22.2 Å². The zero-order valence-corrected chi connectivity index (χ0v) is 16.1. The predicted octanol–water partition coefficient (Wildman–Crippen LogP) is 3.38. The number of nitrogens with zero attached hydrogens (tertiary/aromatic N) is 1. The third kappa shape index (κ3) is 4.52. The monoisotopic (exact) mass is 398 g/mol. The Morgan fingerprint density at radius 1 is 1.00 bits per heavy atom. The molecule has 0 bridgehead atoms. The molecule has 1 saturated heterocycles. The molecular formula is C20H18N2O5S. The van der Waals surface area contributed by atoms with Gasteiger partial charge in [-0.3, -0.25) is 19.3 Å². The Balaban J connectivity index is 1.65. The number of ether oxygens (including phenoxy) is 2. The van der Waals surface area contributed by atoms with E-state index in [1.807, 2.05) is 0 Å². The highest BCUT2D eigenvalue weighted by Gasteiger charge is 2.36. The topological polar surface area (TPSA) is 84.9 Å². The van der Waals surface area contributed by atoms with Crippen molar-refractivity contribution in [3.05, 3.63) is 59.0 Å². The normalized spacial score (nSPS) is 15.1. The van der Waals surface area contributed by atoms with Crippen LogP contribution in [0.4, 0.5) is 10.5 Å². The van der Waals surface area contributed by atoms with E-state index in [0.29, 0.717) is 17.2 Å². The van der Waals surface area contributed by atoms with Crippen molar-refractivity contribution in [2.24, 2.45) is 0 Å². The molecule has 2 aromatic rings. The Bertz CT molecular complexity index is 923. The molecular weight excluding hydrogens is 380 g/mol. The lowest BCUT2D eigenvalue weighted by molar-refractivity contribution is -0.127. The Hall–Kier alpha value is -3.26. The van der Waals surface area contributed by atoms with Crippen molar-refractivity contribution in [2.45, 2.75) is 0 Å². The fourth-order valence-corrected chi connectivity index (χ4v) is 3.34. The molecule has 8 heteroatoms. The molecule has 3 rings (SSSR count). The van der Waals surface area contributed by atoms with Crippen molar-refractivity contribution in [3.63, 3.8) is 0 Å². The van der Waals surface area contributed by atoms with Gasteiger partial charge in [-0.25, -0.2) is 0 Å². The third-order valence-corrected chi connectivity index (χ3v) is 4.87. The van der Waals surface area contributed by atoms with Crippen molar-refractivity contribution in [1.82, 2.24) is 4.90 Å². The van der Waals surface area contributed by atoms with E-state index in [2.05, 4.69) is 5.32 Å². The first kappa shape index (κ1) is 19.5. The number of hydrogen-bond acceptors (Lipinski definition) is 6. The number of hydrogen-bond donors (Lipinski definition) is 1. The summed E-state index contributed by atoms with van der Waals surface area (Å²) in [4.78, 5) is 38.1. The van der Waals surface area contributed by atoms with Crippen LogP contribution >= 0.6 is 11.8 Å². The summed E-state index contributed by atoms with van der Waals surface area (Å²) in [6, 6.07) is 13.8. The van der Waals surface area contributed by atoms with E-state index in [1.54, 1.807) is 68.8 Å². The zero-order valence-electron chi connectivity index (χ0n) is 15.3. The molecule has 3 amide bonds. The number of amides is 3. The second-order valence-corrected chi connectivity index (χ2v) is 6.81. The maximum absolute atomic E-state index is 12.5. The molecule has 1 heterocycles. The van der Waals surface area contributed by atoms with E-state index < -0.39 is 17.1 Å². The van der Waals surface area contributed by atoms with E-state index >= 15 is 0 Å². The molecule has 1 N–H and O–H groups in total. The van der Waals surface area contributed by atoms with Gasteiger partial charge in [0.15, 0.2) is 0 Å². The van der Waals surface area contributed by atoms with Crippen LogP contribution in [0.2, 0.25) is 0 Å². The van der Waals surface area contributed by atoms with Crippen molar-refractivity contribution in [1.29, 1.82) is 0 Å². The van der Waals surface area contributed by atoms with E-state index in [9.17, 15) is 14.4 Å². The molecule has 1 aliphatic rings. The quantitative estimate of drug-likeness (QED) is 0.751. The Morgan fingerprint density at radius 3 is 2.14 bits per heavy atom. The van der Waals surface area contributed by atoms with Crippen LogP contribution in [0.3, 0.4) is 0 Å². The van der Waals surface area contributed by atoms with Gasteiger partial charge in [-0.15, -0.1) is 0 Å². The first-order chi connectivity index (χ1) is 13.5. The number of anilines is 1. The minimum atomic E-state index is -0.490. The van der Waals surface area contributed by atoms with Crippen LogP contribution in [0.1, 0.15) is 5.56 Å². The molecule has 1 aliphatic heterocycles. The van der Waals surface area contributed by atoms with Gasteiger partial charge in [-0.1, -0.05) is 12.1 Å². The van der Waals surface area contributed by atoms with E-state index in [4.69, 9.17) is 9.47 Å². The van der Waals surface area contributed by atoms with Crippen molar-refractivity contribution < 1.29 is 23.9 Å². The lowest BCUT2D eigenvalue weighted by Crippen LogP contribution is -2.36. The van der Waals surface area contributed by atoms with Crippen molar-refractivity contribution in [3.8, 4) is 11.5 Å². The summed E-state index contributed by atoms with van der Waals surface area (Å²) in [5.41, 5.74) is 1.31. The van der Waals surface area contributed by atoms with Crippen LogP contribution in [-0.4, -0.2) is 42.7 Å². The van der Waals surface area contributed by atoms with Gasteiger partial charge in [0.05, 0.1) is 19.1 Å². The largest absolute Gasteiger partial charge is 0.497 e. The number of methoxy groups -OCH3 is 2. The molecule has 144 valence electrons. The average molecular weight is 398 g/mol. The zero-order chi connectivity index (χ0) is 20.1. The third-order valence-electron chi connectivity index (χ3n) is 3.96. The van der Waals surface area contributed by atoms with E-state index in [1.165, 1.54) is 0 Å². The summed E-state index contributed by atoms with van der Waals surface area (Å²) in [5.74, 6) is 0.405. The number of thioether (sulfide) groups is 1. The van der Waals surface area contributed by atoms with Gasteiger partial charge in [-0.05, 0) is 59.8 Å². The van der Waals surface area contributed by atoms with Gasteiger partial charge in [0.2, 0.25) is 5.91 Å². The highest BCUT2D eigenvalue weighted by molar-refractivity contribution is 8.18. The maximum Gasteiger partial charge on any atom is 0.294 e. The van der Waals surface area contributed by atoms with Crippen LogP contribution in [0, 0.1) is 0 Å². The molecule has 0 spiro atoms. The fraction of sp³-hybridized carbons (Fsp3) is 0.150. The predicted molar refractivity (Wildman–Crippen MR) is 107 cm³/mol. The summed E-state index contributed by atoms with van der Waals surface area (Å²) >= 11 is 0.811. The number of carbonyl (C=O) groups excluding carboxylic acids is 3. The van der Waals surface area contributed by atoms with Gasteiger partial charge >= 0.3 is 0 Å². The van der Waals surface area contributed by atoms with Gasteiger partial charge in [-0.2, -0.15) is 0 Å². The van der Waals surface area contributed by atoms with Gasteiger partial charge in [0.25, 0.3) is 11.1 Å². The fourth-order valence-electron chi connectivity index (χ4n) is 2.51. The van der Waals surface area contributed by atoms with Crippen LogP contribution in [0.25, 0.3) is 6.08 Å². The number of nitrogens with one attached hydrogen (secondary N) is 1. The molecule has 0 unspecified atom stereocenters. The molecule has 0 atom stereocenters. The standard InChI is InChI=1S/C20H18N2O5S/c1-26-15-7-3-13(4-8-15)11-17-19(24)22(20(25)28-17)12-18(23)21-14-5-9-16(27-2)10-6-14/h3-11H,12H2,1-2H3,(H,21,23)/b17-11+. The molecule has 28 heavy (non-hydrogen) atoms. The number of benzene rings is 2. The SMILES string of the molecule is COc1ccc(/C=C2/SC(=O)N(CC(=O)Nc3ccc(OC)cc3)C2=O)cc1. The van der Waals surface area contributed by atoms with Crippen LogP contribution in [-0.2, 0) is 9.59 Å². The van der Waals surface area contributed by atoms with E-state index in [-0.39, 0.29) is 11.4 Å². The summed E-state index contributed by atoms with van der Waals surface area (Å²) in [5, 5.41) is 2.18. The lowest BCUT2D eigenvalue weighted by Gasteiger charge is -2.12. The molecule has 0 radical (unpaired) electrons. The molecule has 0 aromatic heterocycles. The van der Waals surface area contributed by atoms with Gasteiger partial charge in [0.1, 0.15) is 18.0 Å². The first-order valence-corrected chi connectivity index (χ1v) is 9.15. The molecule has 0 saturated carbocycles.